The monoisotopic (exact) mass is 484 g/mol. The first-order valence-electron chi connectivity index (χ1n) is 12.0. The van der Waals surface area contributed by atoms with Gasteiger partial charge in [0.05, 0.1) is 16.0 Å². The smallest absolute Gasteiger partial charge is 0.269 e. The van der Waals surface area contributed by atoms with Crippen molar-refractivity contribution in [2.24, 2.45) is 7.05 Å². The van der Waals surface area contributed by atoms with Gasteiger partial charge < -0.3 is 14.8 Å². The molecule has 1 N–H and O–H groups in total. The number of para-hydroxylation sites is 1. The van der Waals surface area contributed by atoms with E-state index >= 15 is 0 Å². The normalized spacial score (nSPS) is 14.2. The number of carbonyl (C=O) groups excluding carboxylic acids is 1. The lowest BCUT2D eigenvalue weighted by atomic mass is 10.2. The zero-order valence-electron chi connectivity index (χ0n) is 20.1. The van der Waals surface area contributed by atoms with Gasteiger partial charge in [-0.25, -0.2) is 4.98 Å². The van der Waals surface area contributed by atoms with Gasteiger partial charge in [-0.2, -0.15) is 0 Å². The minimum Gasteiger partial charge on any atom is -0.369 e. The highest BCUT2D eigenvalue weighted by Crippen LogP contribution is 2.22. The number of anilines is 2. The van der Waals surface area contributed by atoms with Crippen LogP contribution in [0.4, 0.5) is 17.1 Å². The highest BCUT2D eigenvalue weighted by atomic mass is 16.6. The first-order chi connectivity index (χ1) is 17.5. The van der Waals surface area contributed by atoms with Crippen LogP contribution in [-0.2, 0) is 13.5 Å². The quantitative estimate of drug-likeness (QED) is 0.313. The van der Waals surface area contributed by atoms with Gasteiger partial charge in [-0.1, -0.05) is 18.2 Å². The molecule has 1 aliphatic rings. The van der Waals surface area contributed by atoms with Crippen LogP contribution in [0.1, 0.15) is 16.2 Å². The van der Waals surface area contributed by atoms with E-state index in [1.54, 1.807) is 0 Å². The minimum absolute atomic E-state index is 0.0490. The van der Waals surface area contributed by atoms with Gasteiger partial charge in [0.15, 0.2) is 0 Å². The maximum absolute atomic E-state index is 12.6. The zero-order valence-corrected chi connectivity index (χ0v) is 20.1. The van der Waals surface area contributed by atoms with Gasteiger partial charge in [0.2, 0.25) is 0 Å². The summed E-state index contributed by atoms with van der Waals surface area (Å²) in [6.45, 7) is 5.04. The van der Waals surface area contributed by atoms with Crippen molar-refractivity contribution in [3.05, 3.63) is 94.3 Å². The summed E-state index contributed by atoms with van der Waals surface area (Å²) in [5.74, 6) is 0.685. The Morgan fingerprint density at radius 2 is 1.72 bits per heavy atom. The second-order valence-electron chi connectivity index (χ2n) is 8.96. The van der Waals surface area contributed by atoms with E-state index in [1.165, 1.54) is 30.0 Å². The molecule has 5 rings (SSSR count). The van der Waals surface area contributed by atoms with Crippen molar-refractivity contribution < 1.29 is 9.72 Å². The molecule has 0 atom stereocenters. The molecule has 0 radical (unpaired) electrons. The number of nitrogens with one attached hydrogen (secondary N) is 1. The van der Waals surface area contributed by atoms with Crippen LogP contribution in [-0.4, -0.2) is 58.0 Å². The van der Waals surface area contributed by atoms with Gasteiger partial charge >= 0.3 is 0 Å². The van der Waals surface area contributed by atoms with Crippen molar-refractivity contribution in [2.75, 3.05) is 42.9 Å². The Bertz CT molecular complexity index is 1380. The molecule has 0 spiro atoms. The molecule has 0 unspecified atom stereocenters. The number of hydrogen-bond acceptors (Lipinski definition) is 6. The van der Waals surface area contributed by atoms with Crippen molar-refractivity contribution in [3.8, 4) is 0 Å². The predicted octanol–water partition coefficient (Wildman–Crippen LogP) is 4.10. The number of hydrogen-bond donors (Lipinski definition) is 1. The van der Waals surface area contributed by atoms with E-state index in [2.05, 4.69) is 43.9 Å². The molecule has 1 aliphatic heterocycles. The van der Waals surface area contributed by atoms with E-state index in [9.17, 15) is 14.9 Å². The number of fused-ring (bicyclic) bond motifs is 1. The van der Waals surface area contributed by atoms with Gasteiger partial charge in [-0.05, 0) is 42.5 Å². The maximum atomic E-state index is 12.6. The number of nitrogens with zero attached hydrogens (tertiary/aromatic N) is 5. The number of nitro benzene ring substituents is 1. The minimum atomic E-state index is -0.487. The Hall–Kier alpha value is -4.24. The third kappa shape index (κ3) is 5.06. The van der Waals surface area contributed by atoms with Crippen LogP contribution < -0.4 is 10.2 Å². The Morgan fingerprint density at radius 3 is 2.42 bits per heavy atom. The van der Waals surface area contributed by atoms with Crippen LogP contribution in [0, 0.1) is 10.1 Å². The molecule has 0 saturated carbocycles. The molecular weight excluding hydrogens is 456 g/mol. The van der Waals surface area contributed by atoms with Crippen molar-refractivity contribution in [1.82, 2.24) is 14.5 Å². The Balaban J connectivity index is 1.20. The molecule has 184 valence electrons. The molecule has 9 heteroatoms. The summed E-state index contributed by atoms with van der Waals surface area (Å²) in [7, 11) is 2.02. The summed E-state index contributed by atoms with van der Waals surface area (Å²) in [5, 5.41) is 13.7. The summed E-state index contributed by atoms with van der Waals surface area (Å²) in [6, 6.07) is 21.8. The van der Waals surface area contributed by atoms with E-state index in [0.29, 0.717) is 11.3 Å². The number of amides is 1. The van der Waals surface area contributed by atoms with E-state index in [4.69, 9.17) is 4.98 Å². The highest BCUT2D eigenvalue weighted by Gasteiger charge is 2.18. The summed E-state index contributed by atoms with van der Waals surface area (Å²) >= 11 is 0. The van der Waals surface area contributed by atoms with E-state index in [0.717, 1.165) is 56.0 Å². The van der Waals surface area contributed by atoms with Gasteiger partial charge in [0.1, 0.15) is 5.82 Å². The third-order valence-corrected chi connectivity index (χ3v) is 6.72. The highest BCUT2D eigenvalue weighted by molar-refractivity contribution is 6.05. The molecule has 1 aromatic heterocycles. The Labute approximate surface area is 209 Å². The molecule has 0 bridgehead atoms. The van der Waals surface area contributed by atoms with Gasteiger partial charge in [0, 0.05) is 75.3 Å². The fraction of sp³-hybridized carbons (Fsp3) is 0.259. The number of carbonyl (C=O) groups is 1. The Morgan fingerprint density at radius 1 is 1.00 bits per heavy atom. The van der Waals surface area contributed by atoms with Gasteiger partial charge in [-0.3, -0.25) is 19.8 Å². The summed E-state index contributed by atoms with van der Waals surface area (Å²) in [5.41, 5.74) is 4.05. The van der Waals surface area contributed by atoms with E-state index < -0.39 is 4.92 Å². The number of piperazine rings is 1. The van der Waals surface area contributed by atoms with E-state index in [1.807, 2.05) is 31.3 Å². The second kappa shape index (κ2) is 10.2. The molecule has 36 heavy (non-hydrogen) atoms. The number of imidazole rings is 1. The van der Waals surface area contributed by atoms with Crippen LogP contribution in [0.25, 0.3) is 11.0 Å². The van der Waals surface area contributed by atoms with Crippen LogP contribution in [0.15, 0.2) is 72.8 Å². The molecule has 1 fully saturated rings. The van der Waals surface area contributed by atoms with Crippen molar-refractivity contribution in [1.29, 1.82) is 0 Å². The second-order valence-corrected chi connectivity index (χ2v) is 8.96. The molecule has 0 aliphatic carbocycles. The van der Waals surface area contributed by atoms with Crippen LogP contribution in [0.2, 0.25) is 0 Å². The van der Waals surface area contributed by atoms with Crippen molar-refractivity contribution in [2.45, 2.75) is 6.42 Å². The fourth-order valence-electron chi connectivity index (χ4n) is 4.62. The summed E-state index contributed by atoms with van der Waals surface area (Å²) < 4.78 is 2.11. The molecule has 1 saturated heterocycles. The maximum Gasteiger partial charge on any atom is 0.269 e. The first kappa shape index (κ1) is 23.5. The number of aromatic nitrogens is 2. The number of rotatable bonds is 7. The van der Waals surface area contributed by atoms with Crippen molar-refractivity contribution in [3.63, 3.8) is 0 Å². The standard InChI is InChI=1S/C27H28N6O3/c1-30-25-12-9-21(28-27(34)20-7-10-23(11-8-20)33(35)36)19-24(25)29-26(30)13-14-31-15-17-32(18-16-31)22-5-3-2-4-6-22/h2-12,19H,13-18H2,1H3,(H,28,34). The largest absolute Gasteiger partial charge is 0.369 e. The van der Waals surface area contributed by atoms with Gasteiger partial charge in [-0.15, -0.1) is 0 Å². The molecule has 2 heterocycles. The average molecular weight is 485 g/mol. The molecule has 3 aromatic carbocycles. The first-order valence-corrected chi connectivity index (χ1v) is 12.0. The van der Waals surface area contributed by atoms with Crippen LogP contribution in [0.5, 0.6) is 0 Å². The lowest BCUT2D eigenvalue weighted by Gasteiger charge is -2.36. The number of aryl methyl sites for hydroxylation is 1. The summed E-state index contributed by atoms with van der Waals surface area (Å²) in [4.78, 5) is 32.7. The lowest BCUT2D eigenvalue weighted by molar-refractivity contribution is -0.384. The zero-order chi connectivity index (χ0) is 25.1. The average Bonchev–Trinajstić information content (AvgIpc) is 3.22. The van der Waals surface area contributed by atoms with Crippen molar-refractivity contribution >= 4 is 34.0 Å². The SMILES string of the molecule is Cn1c(CCN2CCN(c3ccccc3)CC2)nc2cc(NC(=O)c3ccc([N+](=O)[O-])cc3)ccc21. The Kier molecular flexibility index (Phi) is 6.64. The number of nitro groups is 1. The predicted molar refractivity (Wildman–Crippen MR) is 141 cm³/mol. The molecule has 9 nitrogen and oxygen atoms in total. The van der Waals surface area contributed by atoms with Crippen LogP contribution in [0.3, 0.4) is 0 Å². The topological polar surface area (TPSA) is 96.5 Å². The lowest BCUT2D eigenvalue weighted by Crippen LogP contribution is -2.47. The molecule has 1 amide bonds. The van der Waals surface area contributed by atoms with Gasteiger partial charge in [0.25, 0.3) is 11.6 Å². The fourth-order valence-corrected chi connectivity index (χ4v) is 4.62. The number of benzene rings is 3. The third-order valence-electron chi connectivity index (χ3n) is 6.72. The molecule has 4 aromatic rings. The summed E-state index contributed by atoms with van der Waals surface area (Å²) in [6.07, 6.45) is 0.848. The van der Waals surface area contributed by atoms with E-state index in [-0.39, 0.29) is 11.6 Å². The molecular formula is C27H28N6O3. The number of non-ortho nitro benzene ring substituents is 1. The van der Waals surface area contributed by atoms with Crippen LogP contribution >= 0.6 is 0 Å².